The summed E-state index contributed by atoms with van der Waals surface area (Å²) in [5.74, 6) is -6.28. The fraction of sp³-hybridized carbons (Fsp3) is 0.750. The summed E-state index contributed by atoms with van der Waals surface area (Å²) in [5.41, 5.74) is -4.75. The molecule has 0 aromatic rings. The van der Waals surface area contributed by atoms with Crippen LogP contribution in [0, 0.1) is 5.92 Å². The second kappa shape index (κ2) is 3.78. The molecular formula is C8H5F9O. The van der Waals surface area contributed by atoms with Crippen molar-refractivity contribution < 1.29 is 44.3 Å². The minimum absolute atomic E-state index is 0.0372. The largest absolute Gasteiger partial charge is 0.413 e. The topological polar surface area (TPSA) is 9.23 Å². The molecule has 0 radical (unpaired) electrons. The zero-order valence-electron chi connectivity index (χ0n) is 8.46. The summed E-state index contributed by atoms with van der Waals surface area (Å²) < 4.78 is 116. The lowest BCUT2D eigenvalue weighted by molar-refractivity contribution is -0.419. The quantitative estimate of drug-likeness (QED) is 0.663. The van der Waals surface area contributed by atoms with Crippen molar-refractivity contribution in [2.75, 3.05) is 0 Å². The van der Waals surface area contributed by atoms with E-state index in [0.717, 1.165) is 0 Å². The number of ether oxygens (including phenoxy) is 1. The molecule has 2 atom stereocenters. The van der Waals surface area contributed by atoms with Gasteiger partial charge in [-0.25, -0.2) is 13.5 Å². The fourth-order valence-corrected chi connectivity index (χ4v) is 1.26. The summed E-state index contributed by atoms with van der Waals surface area (Å²) in [6, 6.07) is 0. The second-order valence-corrected chi connectivity index (χ2v) is 3.66. The van der Waals surface area contributed by atoms with Gasteiger partial charge in [0.2, 0.25) is 5.67 Å². The van der Waals surface area contributed by atoms with E-state index in [0.29, 0.717) is 0 Å². The Hall–Kier alpha value is -0.930. The molecule has 0 saturated carbocycles. The Morgan fingerprint density at radius 3 is 1.94 bits per heavy atom. The number of alkyl halides is 8. The molecule has 18 heavy (non-hydrogen) atoms. The van der Waals surface area contributed by atoms with E-state index in [-0.39, 0.29) is 6.92 Å². The maximum atomic E-state index is 13.6. The van der Waals surface area contributed by atoms with E-state index in [9.17, 15) is 39.5 Å². The Balaban J connectivity index is 3.34. The molecule has 106 valence electrons. The molecule has 0 fully saturated rings. The van der Waals surface area contributed by atoms with Crippen molar-refractivity contribution in [3.63, 3.8) is 0 Å². The van der Waals surface area contributed by atoms with Crippen LogP contribution in [0.2, 0.25) is 0 Å². The van der Waals surface area contributed by atoms with Gasteiger partial charge in [-0.1, -0.05) is 0 Å². The Bertz CT molecular complexity index is 371. The molecule has 1 heterocycles. The van der Waals surface area contributed by atoms with Gasteiger partial charge in [0, 0.05) is 6.08 Å². The van der Waals surface area contributed by atoms with E-state index in [4.69, 9.17) is 0 Å². The number of hydrogen-bond acceptors (Lipinski definition) is 1. The minimum Gasteiger partial charge on any atom is -0.247 e. The standard InChI is InChI=1S/C8H5F9O/c1-3(6(11,12)13)5(10)2-4(9)7(14,15)18-8(5,16)17/h2-3H,1H3. The molecule has 2 unspecified atom stereocenters. The van der Waals surface area contributed by atoms with Crippen LogP contribution < -0.4 is 0 Å². The molecule has 0 aromatic heterocycles. The molecule has 0 spiro atoms. The Labute approximate surface area is 94.2 Å². The lowest BCUT2D eigenvalue weighted by Crippen LogP contribution is -2.59. The Kier molecular flexibility index (Phi) is 3.18. The van der Waals surface area contributed by atoms with E-state index < -0.39 is 41.9 Å². The van der Waals surface area contributed by atoms with Crippen LogP contribution in [0.15, 0.2) is 11.9 Å². The predicted octanol–water partition coefficient (Wildman–Crippen LogP) is 3.96. The summed E-state index contributed by atoms with van der Waals surface area (Å²) >= 11 is 0. The zero-order valence-corrected chi connectivity index (χ0v) is 8.46. The van der Waals surface area contributed by atoms with Gasteiger partial charge >= 0.3 is 18.4 Å². The van der Waals surface area contributed by atoms with Crippen LogP contribution in [0.4, 0.5) is 39.5 Å². The number of hydrogen-bond donors (Lipinski definition) is 0. The van der Waals surface area contributed by atoms with Gasteiger partial charge in [-0.05, 0) is 6.92 Å². The van der Waals surface area contributed by atoms with Gasteiger partial charge in [0.25, 0.3) is 0 Å². The van der Waals surface area contributed by atoms with Crippen molar-refractivity contribution in [3.8, 4) is 0 Å². The molecule has 0 N–H and O–H groups in total. The smallest absolute Gasteiger partial charge is 0.247 e. The van der Waals surface area contributed by atoms with Crippen LogP contribution in [-0.4, -0.2) is 24.1 Å². The van der Waals surface area contributed by atoms with Crippen LogP contribution in [0.3, 0.4) is 0 Å². The summed E-state index contributed by atoms with van der Waals surface area (Å²) in [4.78, 5) is 0. The zero-order chi connectivity index (χ0) is 14.6. The molecule has 10 heteroatoms. The maximum absolute atomic E-state index is 13.6. The Morgan fingerprint density at radius 2 is 1.56 bits per heavy atom. The predicted molar refractivity (Wildman–Crippen MR) is 39.2 cm³/mol. The number of rotatable bonds is 1. The highest BCUT2D eigenvalue weighted by Crippen LogP contribution is 2.53. The van der Waals surface area contributed by atoms with Crippen molar-refractivity contribution in [1.29, 1.82) is 0 Å². The molecule has 0 bridgehead atoms. The first-order valence-corrected chi connectivity index (χ1v) is 4.34. The second-order valence-electron chi connectivity index (χ2n) is 3.66. The summed E-state index contributed by atoms with van der Waals surface area (Å²) in [5, 5.41) is 0. The lowest BCUT2D eigenvalue weighted by Gasteiger charge is -2.40. The lowest BCUT2D eigenvalue weighted by atomic mass is 9.86. The van der Waals surface area contributed by atoms with Crippen LogP contribution in [-0.2, 0) is 4.74 Å². The van der Waals surface area contributed by atoms with Crippen molar-refractivity contribution in [2.45, 2.75) is 31.0 Å². The van der Waals surface area contributed by atoms with Crippen molar-refractivity contribution in [3.05, 3.63) is 11.9 Å². The van der Waals surface area contributed by atoms with Crippen molar-refractivity contribution >= 4 is 0 Å². The van der Waals surface area contributed by atoms with Crippen molar-refractivity contribution in [1.82, 2.24) is 0 Å². The molecular weight excluding hydrogens is 283 g/mol. The van der Waals surface area contributed by atoms with Gasteiger partial charge in [0.15, 0.2) is 5.83 Å². The third kappa shape index (κ3) is 2.17. The summed E-state index contributed by atoms with van der Waals surface area (Å²) in [6.45, 7) is -0.0372. The molecule has 0 aromatic carbocycles. The van der Waals surface area contributed by atoms with Crippen LogP contribution in [0.5, 0.6) is 0 Å². The molecule has 1 nitrogen and oxygen atoms in total. The molecule has 0 saturated heterocycles. The summed E-state index contributed by atoms with van der Waals surface area (Å²) in [6.07, 6.45) is -17.3. The first-order chi connectivity index (χ1) is 7.74. The third-order valence-corrected chi connectivity index (χ3v) is 2.44. The first-order valence-electron chi connectivity index (χ1n) is 4.34. The van der Waals surface area contributed by atoms with Crippen molar-refractivity contribution in [2.24, 2.45) is 5.92 Å². The highest BCUT2D eigenvalue weighted by Gasteiger charge is 2.71. The van der Waals surface area contributed by atoms with E-state index in [1.807, 2.05) is 0 Å². The molecule has 1 aliphatic heterocycles. The average Bonchev–Trinajstić information content (AvgIpc) is 2.11. The van der Waals surface area contributed by atoms with Gasteiger partial charge < -0.3 is 0 Å². The molecule has 1 aliphatic rings. The maximum Gasteiger partial charge on any atom is 0.413 e. The number of halogens is 9. The van der Waals surface area contributed by atoms with Crippen LogP contribution in [0.1, 0.15) is 6.92 Å². The van der Waals surface area contributed by atoms with Crippen LogP contribution >= 0.6 is 0 Å². The van der Waals surface area contributed by atoms with Gasteiger partial charge in [-0.3, -0.25) is 0 Å². The third-order valence-electron chi connectivity index (χ3n) is 2.44. The van der Waals surface area contributed by atoms with E-state index in [1.54, 1.807) is 0 Å². The molecule has 0 amide bonds. The normalized spacial score (nSPS) is 32.9. The van der Waals surface area contributed by atoms with E-state index in [2.05, 4.69) is 4.74 Å². The highest BCUT2D eigenvalue weighted by atomic mass is 19.4. The van der Waals surface area contributed by atoms with Gasteiger partial charge in [-0.15, -0.1) is 0 Å². The Morgan fingerprint density at radius 1 is 1.11 bits per heavy atom. The van der Waals surface area contributed by atoms with Gasteiger partial charge in [0.1, 0.15) is 0 Å². The molecule has 1 rings (SSSR count). The van der Waals surface area contributed by atoms with E-state index in [1.165, 1.54) is 0 Å². The molecule has 0 aliphatic carbocycles. The summed E-state index contributed by atoms with van der Waals surface area (Å²) in [7, 11) is 0. The van der Waals surface area contributed by atoms with Gasteiger partial charge in [0.05, 0.1) is 5.92 Å². The van der Waals surface area contributed by atoms with Gasteiger partial charge in [-0.2, -0.15) is 30.7 Å². The first kappa shape index (κ1) is 15.1. The SMILES string of the molecule is CC(C(F)(F)F)C1(F)C=C(F)C(F)(F)OC1(F)F. The highest BCUT2D eigenvalue weighted by molar-refractivity contribution is 5.20. The monoisotopic (exact) mass is 288 g/mol. The minimum atomic E-state index is -5.53. The van der Waals surface area contributed by atoms with Crippen LogP contribution in [0.25, 0.3) is 0 Å². The average molecular weight is 288 g/mol. The fourth-order valence-electron chi connectivity index (χ4n) is 1.26. The van der Waals surface area contributed by atoms with E-state index >= 15 is 0 Å².